The Morgan fingerprint density at radius 3 is 2.50 bits per heavy atom. The number of anilines is 1. The van der Waals surface area contributed by atoms with Gasteiger partial charge in [0, 0.05) is 11.3 Å². The van der Waals surface area contributed by atoms with Crippen LogP contribution in [0.3, 0.4) is 0 Å². The first-order chi connectivity index (χ1) is 6.42. The van der Waals surface area contributed by atoms with E-state index in [4.69, 9.17) is 5.73 Å². The second kappa shape index (κ2) is 3.61. The van der Waals surface area contributed by atoms with Crippen LogP contribution in [-0.4, -0.2) is 6.36 Å². The Morgan fingerprint density at radius 2 is 2.00 bits per heavy atom. The van der Waals surface area contributed by atoms with Crippen molar-refractivity contribution in [1.82, 2.24) is 0 Å². The van der Waals surface area contributed by atoms with E-state index in [0.29, 0.717) is 5.69 Å². The SMILES string of the molecule is C=Cc1cc(N)ccc1OC(F)(F)F. The third-order valence-corrected chi connectivity index (χ3v) is 1.48. The Morgan fingerprint density at radius 1 is 1.36 bits per heavy atom. The molecule has 0 fully saturated rings. The van der Waals surface area contributed by atoms with Crippen LogP contribution in [-0.2, 0) is 0 Å². The van der Waals surface area contributed by atoms with Gasteiger partial charge in [0.2, 0.25) is 0 Å². The lowest BCUT2D eigenvalue weighted by atomic mass is 10.2. The van der Waals surface area contributed by atoms with Crippen LogP contribution in [0.15, 0.2) is 24.8 Å². The summed E-state index contributed by atoms with van der Waals surface area (Å²) in [6.45, 7) is 3.36. The van der Waals surface area contributed by atoms with E-state index in [-0.39, 0.29) is 11.3 Å². The topological polar surface area (TPSA) is 35.2 Å². The summed E-state index contributed by atoms with van der Waals surface area (Å²) in [6.07, 6.45) is -3.45. The van der Waals surface area contributed by atoms with Crippen LogP contribution in [0.1, 0.15) is 5.56 Å². The molecule has 0 aromatic heterocycles. The summed E-state index contributed by atoms with van der Waals surface area (Å²) < 4.78 is 39.4. The maximum absolute atomic E-state index is 11.9. The molecule has 2 N–H and O–H groups in total. The quantitative estimate of drug-likeness (QED) is 0.750. The smallest absolute Gasteiger partial charge is 0.405 e. The largest absolute Gasteiger partial charge is 0.573 e. The number of alkyl halides is 3. The molecule has 2 nitrogen and oxygen atoms in total. The number of nitrogen functional groups attached to an aromatic ring is 1. The Hall–Kier alpha value is -1.65. The van der Waals surface area contributed by atoms with Gasteiger partial charge in [0.1, 0.15) is 5.75 Å². The minimum Gasteiger partial charge on any atom is -0.405 e. The Kier molecular flexibility index (Phi) is 2.69. The fourth-order valence-corrected chi connectivity index (χ4v) is 0.944. The molecule has 76 valence electrons. The highest BCUT2D eigenvalue weighted by atomic mass is 19.4. The first-order valence-electron chi connectivity index (χ1n) is 3.70. The summed E-state index contributed by atoms with van der Waals surface area (Å²) in [6, 6.07) is 3.84. The first kappa shape index (κ1) is 10.4. The summed E-state index contributed by atoms with van der Waals surface area (Å²) in [5, 5.41) is 0. The predicted molar refractivity (Wildman–Crippen MR) is 47.6 cm³/mol. The van der Waals surface area contributed by atoms with Crippen molar-refractivity contribution in [2.45, 2.75) is 6.36 Å². The molecule has 5 heteroatoms. The van der Waals surface area contributed by atoms with Crippen LogP contribution in [0, 0.1) is 0 Å². The van der Waals surface area contributed by atoms with Gasteiger partial charge < -0.3 is 10.5 Å². The fourth-order valence-electron chi connectivity index (χ4n) is 0.944. The fraction of sp³-hybridized carbons (Fsp3) is 0.111. The zero-order chi connectivity index (χ0) is 10.8. The van der Waals surface area contributed by atoms with Gasteiger partial charge in [-0.1, -0.05) is 12.7 Å². The molecule has 0 atom stereocenters. The molecule has 0 saturated heterocycles. The van der Waals surface area contributed by atoms with E-state index in [1.54, 1.807) is 0 Å². The second-order valence-corrected chi connectivity index (χ2v) is 2.55. The Balaban J connectivity index is 3.03. The minimum atomic E-state index is -4.70. The molecular formula is C9H8F3NO. The van der Waals surface area contributed by atoms with E-state index in [1.807, 2.05) is 0 Å². The zero-order valence-corrected chi connectivity index (χ0v) is 7.14. The van der Waals surface area contributed by atoms with Crippen LogP contribution in [0.5, 0.6) is 5.75 Å². The van der Waals surface area contributed by atoms with Gasteiger partial charge in [-0.25, -0.2) is 0 Å². The number of hydrogen-bond donors (Lipinski definition) is 1. The normalized spacial score (nSPS) is 11.1. The van der Waals surface area contributed by atoms with Crippen molar-refractivity contribution >= 4 is 11.8 Å². The minimum absolute atomic E-state index is 0.210. The Bertz CT molecular complexity index is 346. The molecule has 1 rings (SSSR count). The van der Waals surface area contributed by atoms with Gasteiger partial charge in [-0.15, -0.1) is 13.2 Å². The average Bonchev–Trinajstić information content (AvgIpc) is 2.06. The van der Waals surface area contributed by atoms with Crippen molar-refractivity contribution in [3.05, 3.63) is 30.3 Å². The first-order valence-corrected chi connectivity index (χ1v) is 3.70. The molecule has 0 amide bonds. The van der Waals surface area contributed by atoms with Crippen LogP contribution >= 0.6 is 0 Å². The van der Waals surface area contributed by atoms with Gasteiger partial charge in [-0.2, -0.15) is 0 Å². The van der Waals surface area contributed by atoms with Crippen molar-refractivity contribution in [2.24, 2.45) is 0 Å². The van der Waals surface area contributed by atoms with E-state index in [0.717, 1.165) is 6.07 Å². The molecule has 0 bridgehead atoms. The monoisotopic (exact) mass is 203 g/mol. The van der Waals surface area contributed by atoms with Crippen molar-refractivity contribution < 1.29 is 17.9 Å². The molecule has 14 heavy (non-hydrogen) atoms. The molecular weight excluding hydrogens is 195 g/mol. The van der Waals surface area contributed by atoms with Crippen molar-refractivity contribution in [3.8, 4) is 5.75 Å². The van der Waals surface area contributed by atoms with Gasteiger partial charge >= 0.3 is 6.36 Å². The maximum atomic E-state index is 11.9. The zero-order valence-electron chi connectivity index (χ0n) is 7.14. The highest BCUT2D eigenvalue weighted by Gasteiger charge is 2.31. The molecule has 1 aromatic carbocycles. The van der Waals surface area contributed by atoms with Crippen molar-refractivity contribution in [3.63, 3.8) is 0 Å². The summed E-state index contributed by atoms with van der Waals surface area (Å²) in [7, 11) is 0. The third-order valence-electron chi connectivity index (χ3n) is 1.48. The van der Waals surface area contributed by atoms with E-state index in [9.17, 15) is 13.2 Å². The van der Waals surface area contributed by atoms with Crippen LogP contribution in [0.25, 0.3) is 6.08 Å². The van der Waals surface area contributed by atoms with Crippen LogP contribution in [0.4, 0.5) is 18.9 Å². The summed E-state index contributed by atoms with van der Waals surface area (Å²) in [5.74, 6) is -0.304. The summed E-state index contributed by atoms with van der Waals surface area (Å²) in [5.41, 5.74) is 5.95. The Labute approximate surface area is 78.8 Å². The highest BCUT2D eigenvalue weighted by molar-refractivity contribution is 5.61. The summed E-state index contributed by atoms with van der Waals surface area (Å²) in [4.78, 5) is 0. The molecule has 1 aromatic rings. The van der Waals surface area contributed by atoms with E-state index in [2.05, 4.69) is 11.3 Å². The molecule has 0 unspecified atom stereocenters. The van der Waals surface area contributed by atoms with Gasteiger partial charge in [0.15, 0.2) is 0 Å². The average molecular weight is 203 g/mol. The molecule has 0 aliphatic carbocycles. The lowest BCUT2D eigenvalue weighted by Gasteiger charge is -2.11. The lowest BCUT2D eigenvalue weighted by molar-refractivity contribution is -0.274. The van der Waals surface area contributed by atoms with Gasteiger partial charge in [-0.3, -0.25) is 0 Å². The number of hydrogen-bond acceptors (Lipinski definition) is 2. The molecule has 0 aliphatic rings. The van der Waals surface area contributed by atoms with Gasteiger partial charge in [0.25, 0.3) is 0 Å². The molecule has 0 saturated carbocycles. The number of benzene rings is 1. The number of rotatable bonds is 2. The third kappa shape index (κ3) is 2.69. The van der Waals surface area contributed by atoms with E-state index in [1.165, 1.54) is 18.2 Å². The predicted octanol–water partition coefficient (Wildman–Crippen LogP) is 2.81. The van der Waals surface area contributed by atoms with Crippen molar-refractivity contribution in [2.75, 3.05) is 5.73 Å². The molecule has 0 heterocycles. The van der Waals surface area contributed by atoms with E-state index >= 15 is 0 Å². The number of ether oxygens (including phenoxy) is 1. The van der Waals surface area contributed by atoms with Crippen LogP contribution < -0.4 is 10.5 Å². The number of halogens is 3. The molecule has 0 spiro atoms. The standard InChI is InChI=1S/C9H8F3NO/c1-2-6-5-7(13)3-4-8(6)14-9(10,11)12/h2-5H,1,13H2. The van der Waals surface area contributed by atoms with Gasteiger partial charge in [-0.05, 0) is 18.2 Å². The molecule has 0 aliphatic heterocycles. The second-order valence-electron chi connectivity index (χ2n) is 2.55. The lowest BCUT2D eigenvalue weighted by Crippen LogP contribution is -2.17. The van der Waals surface area contributed by atoms with Gasteiger partial charge in [0.05, 0.1) is 0 Å². The van der Waals surface area contributed by atoms with Crippen LogP contribution in [0.2, 0.25) is 0 Å². The van der Waals surface area contributed by atoms with E-state index < -0.39 is 6.36 Å². The maximum Gasteiger partial charge on any atom is 0.573 e. The highest BCUT2D eigenvalue weighted by Crippen LogP contribution is 2.28. The summed E-state index contributed by atoms with van der Waals surface area (Å²) >= 11 is 0. The number of nitrogens with two attached hydrogens (primary N) is 1. The van der Waals surface area contributed by atoms with Crippen molar-refractivity contribution in [1.29, 1.82) is 0 Å². The molecule has 0 radical (unpaired) electrons.